The maximum Gasteiger partial charge on any atom is 0.329 e. The minimum Gasteiger partial charge on any atom is -0.493 e. The van der Waals surface area contributed by atoms with Gasteiger partial charge in [-0.05, 0) is 79.1 Å². The second kappa shape index (κ2) is 15.9. The largest absolute Gasteiger partial charge is 0.493 e. The Bertz CT molecular complexity index is 1380. The highest BCUT2D eigenvalue weighted by Gasteiger charge is 2.13. The second-order valence-electron chi connectivity index (χ2n) is 8.38. The molecule has 0 unspecified atom stereocenters. The zero-order valence-corrected chi connectivity index (χ0v) is 24.4. The molecule has 0 aliphatic heterocycles. The number of nitrogens with one attached hydrogen (secondary N) is 3. The molecule has 0 saturated heterocycles. The van der Waals surface area contributed by atoms with Crippen molar-refractivity contribution in [3.8, 4) is 23.0 Å². The predicted molar refractivity (Wildman–Crippen MR) is 158 cm³/mol. The van der Waals surface area contributed by atoms with Crippen LogP contribution in [0, 0.1) is 0 Å². The number of ether oxygens (including phenoxy) is 4. The summed E-state index contributed by atoms with van der Waals surface area (Å²) in [6.07, 6.45) is 1.85. The molecule has 3 rings (SSSR count). The number of methoxy groups -OCH3 is 2. The number of carbonyl (C=O) groups is 3. The van der Waals surface area contributed by atoms with Gasteiger partial charge in [0.15, 0.2) is 29.6 Å². The first-order valence-electron chi connectivity index (χ1n) is 12.6. The van der Waals surface area contributed by atoms with E-state index < -0.39 is 11.8 Å². The van der Waals surface area contributed by atoms with Crippen molar-refractivity contribution in [2.75, 3.05) is 39.3 Å². The van der Waals surface area contributed by atoms with Crippen molar-refractivity contribution >= 4 is 45.6 Å². The lowest BCUT2D eigenvalue weighted by atomic mass is 10.1. The number of amides is 3. The fourth-order valence-corrected chi connectivity index (χ4v) is 3.78. The molecule has 0 aromatic heterocycles. The molecule has 0 aliphatic carbocycles. The van der Waals surface area contributed by atoms with Crippen LogP contribution in [0.2, 0.25) is 0 Å². The smallest absolute Gasteiger partial charge is 0.329 e. The first kappa shape index (κ1) is 31.0. The van der Waals surface area contributed by atoms with Crippen LogP contribution in [0.15, 0.2) is 70.2 Å². The standard InChI is InChI=1S/C29H31BrN4O7/c1-4-40-26-16-20(6-12-24(26)41-18-27(35)33-22-9-7-21(30)8-10-22)17-32-34-29(37)28(36)31-14-13-19-5-11-23(38-2)25(15-19)39-3/h5-12,15-17H,4,13-14,18H2,1-3H3,(H,31,36)(H,33,35)(H,34,37)/b32-17-. The molecule has 216 valence electrons. The minimum absolute atomic E-state index is 0.221. The van der Waals surface area contributed by atoms with E-state index in [1.165, 1.54) is 6.21 Å². The van der Waals surface area contributed by atoms with Crippen LogP contribution in [-0.2, 0) is 20.8 Å². The quantitative estimate of drug-likeness (QED) is 0.149. The van der Waals surface area contributed by atoms with E-state index >= 15 is 0 Å². The summed E-state index contributed by atoms with van der Waals surface area (Å²) in [7, 11) is 3.09. The monoisotopic (exact) mass is 626 g/mol. The fraction of sp³-hybridized carbons (Fsp3) is 0.241. The summed E-state index contributed by atoms with van der Waals surface area (Å²) in [5.74, 6) is -0.103. The molecule has 12 heteroatoms. The van der Waals surface area contributed by atoms with E-state index in [-0.39, 0.29) is 19.1 Å². The number of halogens is 1. The average molecular weight is 627 g/mol. The lowest BCUT2D eigenvalue weighted by Crippen LogP contribution is -2.38. The number of nitrogens with zero attached hydrogens (tertiary/aromatic N) is 1. The van der Waals surface area contributed by atoms with Gasteiger partial charge in [-0.2, -0.15) is 5.10 Å². The second-order valence-corrected chi connectivity index (χ2v) is 9.29. The number of hydrogen-bond donors (Lipinski definition) is 3. The lowest BCUT2D eigenvalue weighted by Gasteiger charge is -2.12. The molecule has 0 saturated carbocycles. The van der Waals surface area contributed by atoms with Gasteiger partial charge >= 0.3 is 11.8 Å². The van der Waals surface area contributed by atoms with Crippen LogP contribution in [-0.4, -0.2) is 57.9 Å². The molecule has 0 spiro atoms. The summed E-state index contributed by atoms with van der Waals surface area (Å²) in [4.78, 5) is 36.5. The van der Waals surface area contributed by atoms with Crippen molar-refractivity contribution in [3.05, 3.63) is 76.3 Å². The molecule has 0 bridgehead atoms. The van der Waals surface area contributed by atoms with Crippen LogP contribution >= 0.6 is 15.9 Å². The van der Waals surface area contributed by atoms with Crippen molar-refractivity contribution in [1.29, 1.82) is 0 Å². The third-order valence-corrected chi connectivity index (χ3v) is 6.02. The topological polar surface area (TPSA) is 137 Å². The van der Waals surface area contributed by atoms with Crippen molar-refractivity contribution in [2.24, 2.45) is 5.10 Å². The molecule has 0 fully saturated rings. The van der Waals surface area contributed by atoms with Gasteiger partial charge in [-0.1, -0.05) is 22.0 Å². The van der Waals surface area contributed by atoms with Gasteiger partial charge in [0.1, 0.15) is 0 Å². The summed E-state index contributed by atoms with van der Waals surface area (Å²) < 4.78 is 22.7. The van der Waals surface area contributed by atoms with E-state index in [2.05, 4.69) is 37.1 Å². The highest BCUT2D eigenvalue weighted by Crippen LogP contribution is 2.29. The number of hydrazone groups is 1. The summed E-state index contributed by atoms with van der Waals surface area (Å²) in [6, 6.07) is 17.5. The Labute approximate surface area is 246 Å². The third kappa shape index (κ3) is 9.84. The van der Waals surface area contributed by atoms with Crippen molar-refractivity contribution < 1.29 is 33.3 Å². The molecule has 0 radical (unpaired) electrons. The van der Waals surface area contributed by atoms with Gasteiger partial charge in [0, 0.05) is 16.7 Å². The molecule has 0 heterocycles. The van der Waals surface area contributed by atoms with Gasteiger partial charge in [-0.3, -0.25) is 14.4 Å². The summed E-state index contributed by atoms with van der Waals surface area (Å²) >= 11 is 3.35. The molecular formula is C29H31BrN4O7. The zero-order chi connectivity index (χ0) is 29.6. The molecule has 0 atom stereocenters. The Hall–Kier alpha value is -4.58. The summed E-state index contributed by atoms with van der Waals surface area (Å²) in [5, 5.41) is 9.15. The molecule has 41 heavy (non-hydrogen) atoms. The number of anilines is 1. The molecule has 3 N–H and O–H groups in total. The number of benzene rings is 3. The van der Waals surface area contributed by atoms with Crippen LogP contribution < -0.4 is 35.0 Å². The fourth-order valence-electron chi connectivity index (χ4n) is 3.52. The van der Waals surface area contributed by atoms with Gasteiger partial charge in [-0.25, -0.2) is 5.43 Å². The van der Waals surface area contributed by atoms with Crippen LogP contribution in [0.1, 0.15) is 18.1 Å². The van der Waals surface area contributed by atoms with Crippen molar-refractivity contribution in [1.82, 2.24) is 10.7 Å². The summed E-state index contributed by atoms with van der Waals surface area (Å²) in [5.41, 5.74) is 4.33. The number of hydrogen-bond acceptors (Lipinski definition) is 8. The maximum atomic E-state index is 12.3. The van der Waals surface area contributed by atoms with Gasteiger partial charge in [0.25, 0.3) is 5.91 Å². The Balaban J connectivity index is 1.48. The van der Waals surface area contributed by atoms with E-state index in [9.17, 15) is 14.4 Å². The Kier molecular flexibility index (Phi) is 12.0. The molecule has 3 aromatic carbocycles. The normalized spacial score (nSPS) is 10.5. The van der Waals surface area contributed by atoms with E-state index in [0.29, 0.717) is 47.3 Å². The zero-order valence-electron chi connectivity index (χ0n) is 22.9. The van der Waals surface area contributed by atoms with Crippen LogP contribution in [0.4, 0.5) is 5.69 Å². The van der Waals surface area contributed by atoms with E-state index in [4.69, 9.17) is 18.9 Å². The molecular weight excluding hydrogens is 596 g/mol. The number of carbonyl (C=O) groups excluding carboxylic acids is 3. The van der Waals surface area contributed by atoms with Gasteiger partial charge < -0.3 is 29.6 Å². The van der Waals surface area contributed by atoms with Crippen LogP contribution in [0.5, 0.6) is 23.0 Å². The van der Waals surface area contributed by atoms with Gasteiger partial charge in [0.2, 0.25) is 0 Å². The Morgan fingerprint density at radius 1 is 0.854 bits per heavy atom. The summed E-state index contributed by atoms with van der Waals surface area (Å²) in [6.45, 7) is 2.20. The first-order chi connectivity index (χ1) is 19.8. The maximum absolute atomic E-state index is 12.3. The highest BCUT2D eigenvalue weighted by atomic mass is 79.9. The first-order valence-corrected chi connectivity index (χ1v) is 13.4. The van der Waals surface area contributed by atoms with E-state index in [1.807, 2.05) is 25.1 Å². The lowest BCUT2D eigenvalue weighted by molar-refractivity contribution is -0.139. The molecule has 3 amide bonds. The minimum atomic E-state index is -0.907. The molecule has 11 nitrogen and oxygen atoms in total. The van der Waals surface area contributed by atoms with E-state index in [1.54, 1.807) is 56.7 Å². The molecule has 3 aromatic rings. The van der Waals surface area contributed by atoms with Crippen molar-refractivity contribution in [2.45, 2.75) is 13.3 Å². The Morgan fingerprint density at radius 2 is 1.59 bits per heavy atom. The van der Waals surface area contributed by atoms with Crippen LogP contribution in [0.25, 0.3) is 0 Å². The Morgan fingerprint density at radius 3 is 2.29 bits per heavy atom. The van der Waals surface area contributed by atoms with Gasteiger partial charge in [-0.15, -0.1) is 0 Å². The number of rotatable bonds is 13. The van der Waals surface area contributed by atoms with Crippen molar-refractivity contribution in [3.63, 3.8) is 0 Å². The highest BCUT2D eigenvalue weighted by molar-refractivity contribution is 9.10. The van der Waals surface area contributed by atoms with E-state index in [0.717, 1.165) is 10.0 Å². The predicted octanol–water partition coefficient (Wildman–Crippen LogP) is 3.69. The van der Waals surface area contributed by atoms with Gasteiger partial charge in [0.05, 0.1) is 27.0 Å². The average Bonchev–Trinajstić information content (AvgIpc) is 2.97. The van der Waals surface area contributed by atoms with Crippen LogP contribution in [0.3, 0.4) is 0 Å². The molecule has 0 aliphatic rings. The third-order valence-electron chi connectivity index (χ3n) is 5.49. The SMILES string of the molecule is CCOc1cc(/C=N\NC(=O)C(=O)NCCc2ccc(OC)c(OC)c2)ccc1OCC(=O)Nc1ccc(Br)cc1.